The Morgan fingerprint density at radius 1 is 1.00 bits per heavy atom. The van der Waals surface area contributed by atoms with Crippen LogP contribution in [0, 0.1) is 0 Å². The Hall–Kier alpha value is -1.94. The number of anilines is 1. The molecule has 2 aromatic carbocycles. The standard InChI is InChI=1S/C14H13NO2S/c16-14(17)10-15-11-6-8-13(9-7-11)18-12-4-2-1-3-5-12/h1-9,15H,10H2,(H,16,17). The third kappa shape index (κ3) is 3.82. The smallest absolute Gasteiger partial charge is 0.322 e. The van der Waals surface area contributed by atoms with E-state index in [1.165, 1.54) is 4.90 Å². The fourth-order valence-electron chi connectivity index (χ4n) is 1.44. The Labute approximate surface area is 110 Å². The lowest BCUT2D eigenvalue weighted by molar-refractivity contribution is -0.134. The van der Waals surface area contributed by atoms with Gasteiger partial charge in [-0.15, -0.1) is 0 Å². The molecule has 2 N–H and O–H groups in total. The molecule has 0 bridgehead atoms. The molecule has 0 amide bonds. The molecule has 92 valence electrons. The number of carboxylic acids is 1. The molecule has 0 radical (unpaired) electrons. The number of benzene rings is 2. The SMILES string of the molecule is O=C(O)CNc1ccc(Sc2ccccc2)cc1. The molecule has 0 aromatic heterocycles. The average molecular weight is 259 g/mol. The van der Waals surface area contributed by atoms with Crippen LogP contribution in [0.2, 0.25) is 0 Å². The first-order chi connectivity index (χ1) is 8.74. The van der Waals surface area contributed by atoms with Crippen molar-refractivity contribution in [3.63, 3.8) is 0 Å². The molecule has 18 heavy (non-hydrogen) atoms. The second kappa shape index (κ2) is 6.12. The van der Waals surface area contributed by atoms with Gasteiger partial charge in [0.25, 0.3) is 0 Å². The van der Waals surface area contributed by atoms with E-state index in [0.29, 0.717) is 0 Å². The van der Waals surface area contributed by atoms with E-state index in [1.54, 1.807) is 11.8 Å². The molecule has 0 fully saturated rings. The summed E-state index contributed by atoms with van der Waals surface area (Å²) in [6.07, 6.45) is 0. The first kappa shape index (κ1) is 12.5. The fraction of sp³-hybridized carbons (Fsp3) is 0.0714. The minimum Gasteiger partial charge on any atom is -0.480 e. The van der Waals surface area contributed by atoms with Gasteiger partial charge in [0.05, 0.1) is 0 Å². The number of hydrogen-bond acceptors (Lipinski definition) is 3. The Morgan fingerprint density at radius 3 is 2.22 bits per heavy atom. The van der Waals surface area contributed by atoms with E-state index in [-0.39, 0.29) is 6.54 Å². The minimum atomic E-state index is -0.863. The van der Waals surface area contributed by atoms with Gasteiger partial charge < -0.3 is 10.4 Å². The van der Waals surface area contributed by atoms with Crippen molar-refractivity contribution in [3.05, 3.63) is 54.6 Å². The molecular formula is C14H13NO2S. The molecule has 0 atom stereocenters. The van der Waals surface area contributed by atoms with Gasteiger partial charge in [-0.3, -0.25) is 4.79 Å². The summed E-state index contributed by atoms with van der Waals surface area (Å²) < 4.78 is 0. The summed E-state index contributed by atoms with van der Waals surface area (Å²) in [5, 5.41) is 11.4. The lowest BCUT2D eigenvalue weighted by atomic mass is 10.3. The number of carbonyl (C=O) groups is 1. The van der Waals surface area contributed by atoms with Gasteiger partial charge in [-0.05, 0) is 36.4 Å². The van der Waals surface area contributed by atoms with Crippen molar-refractivity contribution in [2.75, 3.05) is 11.9 Å². The number of hydrogen-bond donors (Lipinski definition) is 2. The molecule has 0 aliphatic carbocycles. The van der Waals surface area contributed by atoms with Crippen LogP contribution in [0.1, 0.15) is 0 Å². The average Bonchev–Trinajstić information content (AvgIpc) is 2.39. The highest BCUT2D eigenvalue weighted by atomic mass is 32.2. The molecule has 0 unspecified atom stereocenters. The number of nitrogens with one attached hydrogen (secondary N) is 1. The van der Waals surface area contributed by atoms with Crippen LogP contribution in [0.25, 0.3) is 0 Å². The summed E-state index contributed by atoms with van der Waals surface area (Å²) in [4.78, 5) is 12.7. The summed E-state index contributed by atoms with van der Waals surface area (Å²) in [7, 11) is 0. The van der Waals surface area contributed by atoms with Gasteiger partial charge in [0.15, 0.2) is 0 Å². The fourth-order valence-corrected chi connectivity index (χ4v) is 2.28. The van der Waals surface area contributed by atoms with Crippen LogP contribution in [0.5, 0.6) is 0 Å². The molecule has 0 heterocycles. The largest absolute Gasteiger partial charge is 0.480 e. The van der Waals surface area contributed by atoms with Crippen molar-refractivity contribution < 1.29 is 9.90 Å². The van der Waals surface area contributed by atoms with Crippen LogP contribution in [0.4, 0.5) is 5.69 Å². The second-order valence-electron chi connectivity index (χ2n) is 3.69. The molecule has 3 nitrogen and oxygen atoms in total. The normalized spacial score (nSPS) is 10.0. The molecule has 0 aliphatic heterocycles. The van der Waals surface area contributed by atoms with Gasteiger partial charge >= 0.3 is 5.97 Å². The van der Waals surface area contributed by atoms with E-state index >= 15 is 0 Å². The van der Waals surface area contributed by atoms with Gasteiger partial charge in [0.2, 0.25) is 0 Å². The maximum absolute atomic E-state index is 10.4. The van der Waals surface area contributed by atoms with E-state index in [4.69, 9.17) is 5.11 Å². The van der Waals surface area contributed by atoms with Crippen molar-refractivity contribution in [1.82, 2.24) is 0 Å². The van der Waals surface area contributed by atoms with Gasteiger partial charge in [-0.1, -0.05) is 30.0 Å². The summed E-state index contributed by atoms with van der Waals surface area (Å²) in [6.45, 7) is -0.0643. The third-order valence-corrected chi connectivity index (χ3v) is 3.29. The monoisotopic (exact) mass is 259 g/mol. The van der Waals surface area contributed by atoms with Crippen LogP contribution in [0.15, 0.2) is 64.4 Å². The van der Waals surface area contributed by atoms with Crippen LogP contribution < -0.4 is 5.32 Å². The minimum absolute atomic E-state index is 0.0643. The Morgan fingerprint density at radius 2 is 1.61 bits per heavy atom. The topological polar surface area (TPSA) is 49.3 Å². The number of carboxylic acid groups (broad SMARTS) is 1. The number of rotatable bonds is 5. The molecule has 4 heteroatoms. The molecule has 0 aliphatic rings. The molecule has 0 saturated heterocycles. The van der Waals surface area contributed by atoms with E-state index in [2.05, 4.69) is 17.4 Å². The van der Waals surface area contributed by atoms with Crippen molar-refractivity contribution in [1.29, 1.82) is 0 Å². The maximum Gasteiger partial charge on any atom is 0.322 e. The van der Waals surface area contributed by atoms with E-state index in [1.807, 2.05) is 42.5 Å². The Bertz CT molecular complexity index is 511. The Balaban J connectivity index is 1.97. The first-order valence-corrected chi connectivity index (χ1v) is 6.34. The molecule has 0 spiro atoms. The first-order valence-electron chi connectivity index (χ1n) is 5.53. The van der Waals surface area contributed by atoms with Crippen molar-refractivity contribution in [2.45, 2.75) is 9.79 Å². The van der Waals surface area contributed by atoms with Gasteiger partial charge in [-0.25, -0.2) is 0 Å². The van der Waals surface area contributed by atoms with Crippen LogP contribution in [-0.4, -0.2) is 17.6 Å². The molecular weight excluding hydrogens is 246 g/mol. The highest BCUT2D eigenvalue weighted by Crippen LogP contribution is 2.27. The number of aliphatic carboxylic acids is 1. The van der Waals surface area contributed by atoms with E-state index in [0.717, 1.165) is 10.6 Å². The summed E-state index contributed by atoms with van der Waals surface area (Å²) in [5.41, 5.74) is 0.815. The molecule has 0 saturated carbocycles. The maximum atomic E-state index is 10.4. The molecule has 2 rings (SSSR count). The van der Waals surface area contributed by atoms with Crippen LogP contribution in [-0.2, 0) is 4.79 Å². The highest BCUT2D eigenvalue weighted by Gasteiger charge is 1.99. The zero-order chi connectivity index (χ0) is 12.8. The zero-order valence-electron chi connectivity index (χ0n) is 9.67. The van der Waals surface area contributed by atoms with Gasteiger partial charge in [0, 0.05) is 15.5 Å². The summed E-state index contributed by atoms with van der Waals surface area (Å²) in [5.74, 6) is -0.863. The van der Waals surface area contributed by atoms with Crippen molar-refractivity contribution in [2.24, 2.45) is 0 Å². The van der Waals surface area contributed by atoms with Crippen molar-refractivity contribution in [3.8, 4) is 0 Å². The molecule has 2 aromatic rings. The third-order valence-electron chi connectivity index (χ3n) is 2.28. The van der Waals surface area contributed by atoms with Crippen LogP contribution >= 0.6 is 11.8 Å². The van der Waals surface area contributed by atoms with E-state index < -0.39 is 5.97 Å². The van der Waals surface area contributed by atoms with Crippen molar-refractivity contribution >= 4 is 23.4 Å². The highest BCUT2D eigenvalue weighted by molar-refractivity contribution is 7.99. The van der Waals surface area contributed by atoms with Gasteiger partial charge in [0.1, 0.15) is 6.54 Å². The summed E-state index contributed by atoms with van der Waals surface area (Å²) in [6, 6.07) is 17.8. The lowest BCUT2D eigenvalue weighted by Crippen LogP contribution is -2.11. The zero-order valence-corrected chi connectivity index (χ0v) is 10.5. The Kier molecular flexibility index (Phi) is 4.25. The van der Waals surface area contributed by atoms with Crippen LogP contribution in [0.3, 0.4) is 0 Å². The summed E-state index contributed by atoms with van der Waals surface area (Å²) >= 11 is 1.68. The predicted molar refractivity (Wildman–Crippen MR) is 73.1 cm³/mol. The van der Waals surface area contributed by atoms with Gasteiger partial charge in [-0.2, -0.15) is 0 Å². The lowest BCUT2D eigenvalue weighted by Gasteiger charge is -2.05. The predicted octanol–water partition coefficient (Wildman–Crippen LogP) is 3.33. The second-order valence-corrected chi connectivity index (χ2v) is 4.83. The quantitative estimate of drug-likeness (QED) is 0.864. The van der Waals surface area contributed by atoms with E-state index in [9.17, 15) is 4.79 Å².